The maximum atomic E-state index is 11.6. The van der Waals surface area contributed by atoms with Gasteiger partial charge in [0, 0.05) is 24.1 Å². The number of nitrogens with one attached hydrogen (secondary N) is 1. The summed E-state index contributed by atoms with van der Waals surface area (Å²) in [5, 5.41) is 3.34. The van der Waals surface area contributed by atoms with Gasteiger partial charge in [-0.25, -0.2) is 0 Å². The fourth-order valence-corrected chi connectivity index (χ4v) is 1.51. The van der Waals surface area contributed by atoms with E-state index in [1.807, 2.05) is 32.0 Å². The van der Waals surface area contributed by atoms with Crippen LogP contribution in [0, 0.1) is 5.92 Å². The molecule has 0 bridgehead atoms. The van der Waals surface area contributed by atoms with E-state index in [1.165, 1.54) is 0 Å². The van der Waals surface area contributed by atoms with Gasteiger partial charge in [-0.05, 0) is 31.5 Å². The largest absolute Gasteiger partial charge is 0.383 e. The summed E-state index contributed by atoms with van der Waals surface area (Å²) in [7, 11) is 0. The average Bonchev–Trinajstić information content (AvgIpc) is 2.16. The summed E-state index contributed by atoms with van der Waals surface area (Å²) in [5.41, 5.74) is 2.17. The van der Waals surface area contributed by atoms with Crippen LogP contribution in [0.4, 0.5) is 5.69 Å². The molecule has 16 heavy (non-hydrogen) atoms. The molecule has 0 aliphatic rings. The molecule has 88 valence electrons. The van der Waals surface area contributed by atoms with Crippen LogP contribution in [0.15, 0.2) is 24.3 Å². The van der Waals surface area contributed by atoms with Crippen LogP contribution in [-0.4, -0.2) is 11.8 Å². The molecule has 0 spiro atoms. The molecule has 1 N–H and O–H groups in total. The molecule has 0 heterocycles. The van der Waals surface area contributed by atoms with Crippen molar-refractivity contribution in [2.45, 2.75) is 40.2 Å². The fraction of sp³-hybridized carbons (Fsp3) is 0.500. The molecule has 0 saturated heterocycles. The lowest BCUT2D eigenvalue weighted by Crippen LogP contribution is -2.12. The third kappa shape index (κ3) is 4.05. The Morgan fingerprint density at radius 1 is 1.25 bits per heavy atom. The Balaban J connectivity index is 2.71. The van der Waals surface area contributed by atoms with E-state index >= 15 is 0 Å². The van der Waals surface area contributed by atoms with Crippen molar-refractivity contribution in [1.82, 2.24) is 0 Å². The van der Waals surface area contributed by atoms with Crippen LogP contribution in [0.3, 0.4) is 0 Å². The normalized spacial score (nSPS) is 10.9. The summed E-state index contributed by atoms with van der Waals surface area (Å²) in [4.78, 5) is 11.6. The second kappa shape index (κ2) is 5.69. The molecule has 2 nitrogen and oxygen atoms in total. The lowest BCUT2D eigenvalue weighted by molar-refractivity contribution is -0.121. The minimum atomic E-state index is 0.113. The van der Waals surface area contributed by atoms with Gasteiger partial charge >= 0.3 is 0 Å². The van der Waals surface area contributed by atoms with E-state index in [0.717, 1.165) is 11.3 Å². The van der Waals surface area contributed by atoms with E-state index in [4.69, 9.17) is 0 Å². The topological polar surface area (TPSA) is 29.1 Å². The molecule has 0 saturated carbocycles. The summed E-state index contributed by atoms with van der Waals surface area (Å²) in [6.45, 7) is 8.09. The molecule has 0 aliphatic carbocycles. The van der Waals surface area contributed by atoms with Gasteiger partial charge < -0.3 is 5.32 Å². The molecule has 1 aromatic rings. The Morgan fingerprint density at radius 3 is 2.50 bits per heavy atom. The van der Waals surface area contributed by atoms with E-state index in [0.29, 0.717) is 18.2 Å². The molecular weight excluding hydrogens is 198 g/mol. The number of hydrogen-bond acceptors (Lipinski definition) is 2. The van der Waals surface area contributed by atoms with Gasteiger partial charge in [0.1, 0.15) is 5.78 Å². The molecule has 0 amide bonds. The standard InChI is InChI=1S/C14H21NO/c1-10(2)14(16)9-12-6-5-7-13(8-12)15-11(3)4/h5-8,10-11,15H,9H2,1-4H3. The van der Waals surface area contributed by atoms with Gasteiger partial charge in [-0.2, -0.15) is 0 Å². The Kier molecular flexibility index (Phi) is 4.53. The summed E-state index contributed by atoms with van der Waals surface area (Å²) >= 11 is 0. The smallest absolute Gasteiger partial charge is 0.139 e. The van der Waals surface area contributed by atoms with Gasteiger partial charge in [0.15, 0.2) is 0 Å². The Morgan fingerprint density at radius 2 is 1.94 bits per heavy atom. The monoisotopic (exact) mass is 219 g/mol. The third-order valence-electron chi connectivity index (χ3n) is 2.40. The lowest BCUT2D eigenvalue weighted by Gasteiger charge is -2.11. The lowest BCUT2D eigenvalue weighted by atomic mass is 10.0. The molecule has 0 aromatic heterocycles. The highest BCUT2D eigenvalue weighted by molar-refractivity contribution is 5.82. The van der Waals surface area contributed by atoms with E-state index in [1.54, 1.807) is 0 Å². The van der Waals surface area contributed by atoms with Gasteiger partial charge in [-0.15, -0.1) is 0 Å². The highest BCUT2D eigenvalue weighted by Gasteiger charge is 2.08. The summed E-state index contributed by atoms with van der Waals surface area (Å²) in [5.74, 6) is 0.406. The maximum absolute atomic E-state index is 11.6. The summed E-state index contributed by atoms with van der Waals surface area (Å²) in [6, 6.07) is 8.50. The van der Waals surface area contributed by atoms with E-state index < -0.39 is 0 Å². The first-order valence-electron chi connectivity index (χ1n) is 5.87. The van der Waals surface area contributed by atoms with Crippen LogP contribution in [0.2, 0.25) is 0 Å². The molecule has 1 aromatic carbocycles. The number of carbonyl (C=O) groups excluding carboxylic acids is 1. The third-order valence-corrected chi connectivity index (χ3v) is 2.40. The van der Waals surface area contributed by atoms with E-state index in [2.05, 4.69) is 25.2 Å². The predicted molar refractivity (Wildman–Crippen MR) is 68.7 cm³/mol. The van der Waals surface area contributed by atoms with Gasteiger partial charge in [0.05, 0.1) is 0 Å². The van der Waals surface area contributed by atoms with Gasteiger partial charge in [0.2, 0.25) is 0 Å². The molecular formula is C14H21NO. The number of anilines is 1. The number of ketones is 1. The van der Waals surface area contributed by atoms with Crippen molar-refractivity contribution in [2.24, 2.45) is 5.92 Å². The van der Waals surface area contributed by atoms with Crippen LogP contribution in [0.5, 0.6) is 0 Å². The second-order valence-electron chi connectivity index (χ2n) is 4.80. The number of Topliss-reactive ketones (excluding diaryl/α,β-unsaturated/α-hetero) is 1. The highest BCUT2D eigenvalue weighted by Crippen LogP contribution is 2.13. The number of rotatable bonds is 5. The van der Waals surface area contributed by atoms with Crippen molar-refractivity contribution in [3.8, 4) is 0 Å². The zero-order valence-corrected chi connectivity index (χ0v) is 10.6. The predicted octanol–water partition coefficient (Wildman–Crippen LogP) is 3.27. The quantitative estimate of drug-likeness (QED) is 0.823. The van der Waals surface area contributed by atoms with Gasteiger partial charge in [-0.1, -0.05) is 26.0 Å². The van der Waals surface area contributed by atoms with Crippen LogP contribution < -0.4 is 5.32 Å². The Bertz CT molecular complexity index is 356. The number of carbonyl (C=O) groups is 1. The zero-order chi connectivity index (χ0) is 12.1. The summed E-state index contributed by atoms with van der Waals surface area (Å²) < 4.78 is 0. The molecule has 1 rings (SSSR count). The second-order valence-corrected chi connectivity index (χ2v) is 4.80. The van der Waals surface area contributed by atoms with Crippen LogP contribution in [-0.2, 0) is 11.2 Å². The Labute approximate surface area is 98.1 Å². The molecule has 0 unspecified atom stereocenters. The molecule has 2 heteroatoms. The first kappa shape index (κ1) is 12.8. The van der Waals surface area contributed by atoms with E-state index in [-0.39, 0.29) is 5.92 Å². The molecule has 0 radical (unpaired) electrons. The molecule has 0 atom stereocenters. The van der Waals surface area contributed by atoms with Crippen LogP contribution in [0.1, 0.15) is 33.3 Å². The number of benzene rings is 1. The van der Waals surface area contributed by atoms with Crippen molar-refractivity contribution in [1.29, 1.82) is 0 Å². The SMILES string of the molecule is CC(C)Nc1cccc(CC(=O)C(C)C)c1. The summed E-state index contributed by atoms with van der Waals surface area (Å²) in [6.07, 6.45) is 0.533. The first-order chi connectivity index (χ1) is 7.49. The van der Waals surface area contributed by atoms with Crippen molar-refractivity contribution >= 4 is 11.5 Å². The van der Waals surface area contributed by atoms with Crippen molar-refractivity contribution in [3.05, 3.63) is 29.8 Å². The maximum Gasteiger partial charge on any atom is 0.139 e. The minimum Gasteiger partial charge on any atom is -0.383 e. The minimum absolute atomic E-state index is 0.113. The fourth-order valence-electron chi connectivity index (χ4n) is 1.51. The zero-order valence-electron chi connectivity index (χ0n) is 10.6. The molecule has 0 fully saturated rings. The molecule has 0 aliphatic heterocycles. The van der Waals surface area contributed by atoms with Crippen molar-refractivity contribution < 1.29 is 4.79 Å². The first-order valence-corrected chi connectivity index (χ1v) is 5.87. The van der Waals surface area contributed by atoms with Gasteiger partial charge in [-0.3, -0.25) is 4.79 Å². The van der Waals surface area contributed by atoms with Crippen molar-refractivity contribution in [2.75, 3.05) is 5.32 Å². The van der Waals surface area contributed by atoms with E-state index in [9.17, 15) is 4.79 Å². The van der Waals surface area contributed by atoms with Gasteiger partial charge in [0.25, 0.3) is 0 Å². The van der Waals surface area contributed by atoms with Crippen molar-refractivity contribution in [3.63, 3.8) is 0 Å². The van der Waals surface area contributed by atoms with Crippen LogP contribution in [0.25, 0.3) is 0 Å². The van der Waals surface area contributed by atoms with Crippen LogP contribution >= 0.6 is 0 Å². The Hall–Kier alpha value is -1.31. The average molecular weight is 219 g/mol. The number of hydrogen-bond donors (Lipinski definition) is 1. The highest BCUT2D eigenvalue weighted by atomic mass is 16.1.